The van der Waals surface area contributed by atoms with Crippen LogP contribution in [0.3, 0.4) is 0 Å². The summed E-state index contributed by atoms with van der Waals surface area (Å²) >= 11 is 2.02. The van der Waals surface area contributed by atoms with Crippen LogP contribution in [0.25, 0.3) is 0 Å². The van der Waals surface area contributed by atoms with Gasteiger partial charge in [0.2, 0.25) is 0 Å². The Morgan fingerprint density at radius 3 is 2.58 bits per heavy atom. The summed E-state index contributed by atoms with van der Waals surface area (Å²) in [5.41, 5.74) is 6.55. The van der Waals surface area contributed by atoms with E-state index in [9.17, 15) is 4.79 Å². The predicted molar refractivity (Wildman–Crippen MR) is 80.2 cm³/mol. The van der Waals surface area contributed by atoms with Gasteiger partial charge in [0.15, 0.2) is 0 Å². The summed E-state index contributed by atoms with van der Waals surface area (Å²) in [6.45, 7) is 0. The Kier molecular flexibility index (Phi) is 5.58. The van der Waals surface area contributed by atoms with Crippen molar-refractivity contribution in [3.8, 4) is 0 Å². The van der Waals surface area contributed by atoms with Crippen LogP contribution < -0.4 is 5.73 Å². The quantitative estimate of drug-likeness (QED) is 0.789. The molecule has 0 aliphatic heterocycles. The monoisotopic (exact) mass is 285 g/mol. The van der Waals surface area contributed by atoms with E-state index in [4.69, 9.17) is 10.5 Å². The molecule has 0 aromatic rings. The average Bonchev–Trinajstić information content (AvgIpc) is 3.13. The maximum absolute atomic E-state index is 11.4. The Balaban J connectivity index is 1.78. The minimum atomic E-state index is -0.0555. The van der Waals surface area contributed by atoms with Gasteiger partial charge in [0, 0.05) is 11.3 Å². The number of ether oxygens (including phenoxy) is 1. The van der Waals surface area contributed by atoms with Crippen molar-refractivity contribution < 1.29 is 9.53 Å². The van der Waals surface area contributed by atoms with E-state index in [0.29, 0.717) is 17.7 Å². The number of carbonyl (C=O) groups excluding carboxylic acids is 1. The zero-order valence-corrected chi connectivity index (χ0v) is 12.8. The second-order valence-electron chi connectivity index (χ2n) is 6.26. The Morgan fingerprint density at radius 1 is 1.26 bits per heavy atom. The molecule has 2 saturated carbocycles. The normalized spacial score (nSPS) is 30.2. The Bertz CT molecular complexity index is 305. The zero-order valence-electron chi connectivity index (χ0n) is 12.0. The lowest BCUT2D eigenvalue weighted by Crippen LogP contribution is -2.34. The summed E-state index contributed by atoms with van der Waals surface area (Å²) < 4.78 is 4.80. The molecule has 2 atom stereocenters. The highest BCUT2D eigenvalue weighted by atomic mass is 32.2. The molecule has 19 heavy (non-hydrogen) atoms. The van der Waals surface area contributed by atoms with Crippen LogP contribution in [0, 0.1) is 5.41 Å². The second-order valence-corrected chi connectivity index (χ2v) is 7.49. The van der Waals surface area contributed by atoms with E-state index >= 15 is 0 Å². The standard InChI is InChI=1S/C15H27NO2S/c1-18-14(17)10-15(8-9-15)11-19-13-7-5-3-2-4-6-12(13)16/h12-13H,2-11,16H2,1H3. The summed E-state index contributed by atoms with van der Waals surface area (Å²) in [6.07, 6.45) is 10.7. The fourth-order valence-electron chi connectivity index (χ4n) is 2.90. The van der Waals surface area contributed by atoms with Crippen LogP contribution in [0.2, 0.25) is 0 Å². The first kappa shape index (κ1) is 15.2. The number of nitrogens with two attached hydrogens (primary N) is 1. The van der Waals surface area contributed by atoms with E-state index < -0.39 is 0 Å². The average molecular weight is 285 g/mol. The van der Waals surface area contributed by atoms with Crippen molar-refractivity contribution in [3.05, 3.63) is 0 Å². The Hall–Kier alpha value is -0.220. The maximum atomic E-state index is 11.4. The first-order chi connectivity index (χ1) is 9.15. The van der Waals surface area contributed by atoms with Gasteiger partial charge in [0.1, 0.15) is 0 Å². The first-order valence-corrected chi connectivity index (χ1v) is 8.64. The van der Waals surface area contributed by atoms with E-state index in [2.05, 4.69) is 0 Å². The fourth-order valence-corrected chi connectivity index (χ4v) is 4.57. The lowest BCUT2D eigenvalue weighted by molar-refractivity contribution is -0.141. The van der Waals surface area contributed by atoms with Gasteiger partial charge >= 0.3 is 5.97 Å². The molecule has 2 aliphatic rings. The third kappa shape index (κ3) is 4.67. The van der Waals surface area contributed by atoms with Gasteiger partial charge in [-0.3, -0.25) is 4.79 Å². The van der Waals surface area contributed by atoms with Gasteiger partial charge in [-0.1, -0.05) is 25.7 Å². The van der Waals surface area contributed by atoms with Crippen LogP contribution in [-0.4, -0.2) is 30.1 Å². The lowest BCUT2D eigenvalue weighted by Gasteiger charge is -2.27. The number of rotatable bonds is 5. The third-order valence-corrected chi connectivity index (χ3v) is 6.35. The molecule has 0 bridgehead atoms. The lowest BCUT2D eigenvalue weighted by atomic mass is 9.97. The molecule has 2 aliphatic carbocycles. The van der Waals surface area contributed by atoms with Crippen molar-refractivity contribution in [2.75, 3.05) is 12.9 Å². The summed E-state index contributed by atoms with van der Waals surface area (Å²) in [7, 11) is 1.48. The second kappa shape index (κ2) is 6.98. The Morgan fingerprint density at radius 2 is 1.95 bits per heavy atom. The number of hydrogen-bond acceptors (Lipinski definition) is 4. The first-order valence-electron chi connectivity index (χ1n) is 7.59. The molecule has 2 N–H and O–H groups in total. The zero-order chi connectivity index (χ0) is 13.7. The van der Waals surface area contributed by atoms with E-state index in [1.54, 1.807) is 0 Å². The molecule has 0 aromatic carbocycles. The summed E-state index contributed by atoms with van der Waals surface area (Å²) in [6, 6.07) is 0.347. The smallest absolute Gasteiger partial charge is 0.306 e. The van der Waals surface area contributed by atoms with Gasteiger partial charge in [-0.2, -0.15) is 11.8 Å². The topological polar surface area (TPSA) is 52.3 Å². The minimum absolute atomic E-state index is 0.0555. The van der Waals surface area contributed by atoms with Crippen molar-refractivity contribution in [3.63, 3.8) is 0 Å². The van der Waals surface area contributed by atoms with Crippen LogP contribution in [0.15, 0.2) is 0 Å². The summed E-state index contributed by atoms with van der Waals surface area (Å²) in [4.78, 5) is 11.4. The van der Waals surface area contributed by atoms with E-state index in [1.165, 1.54) is 58.5 Å². The van der Waals surface area contributed by atoms with E-state index in [-0.39, 0.29) is 11.4 Å². The largest absolute Gasteiger partial charge is 0.469 e. The fraction of sp³-hybridized carbons (Fsp3) is 0.933. The highest BCUT2D eigenvalue weighted by Crippen LogP contribution is 2.52. The molecule has 0 heterocycles. The molecule has 2 unspecified atom stereocenters. The number of carbonyl (C=O) groups is 1. The minimum Gasteiger partial charge on any atom is -0.469 e. The summed E-state index contributed by atoms with van der Waals surface area (Å²) in [5, 5.41) is 0.593. The number of esters is 1. The SMILES string of the molecule is COC(=O)CC1(CSC2CCCCCCC2N)CC1. The van der Waals surface area contributed by atoms with Crippen molar-refractivity contribution in [2.24, 2.45) is 11.1 Å². The van der Waals surface area contributed by atoms with Crippen LogP contribution in [-0.2, 0) is 9.53 Å². The molecule has 2 rings (SSSR count). The highest BCUT2D eigenvalue weighted by Gasteiger charge is 2.45. The van der Waals surface area contributed by atoms with Crippen molar-refractivity contribution in [1.29, 1.82) is 0 Å². The van der Waals surface area contributed by atoms with Gasteiger partial charge in [-0.25, -0.2) is 0 Å². The maximum Gasteiger partial charge on any atom is 0.306 e. The van der Waals surface area contributed by atoms with Crippen molar-refractivity contribution in [1.82, 2.24) is 0 Å². The molecule has 0 aromatic heterocycles. The van der Waals surface area contributed by atoms with Crippen LogP contribution in [0.5, 0.6) is 0 Å². The van der Waals surface area contributed by atoms with E-state index in [1.807, 2.05) is 11.8 Å². The number of methoxy groups -OCH3 is 1. The number of thioether (sulfide) groups is 1. The van der Waals surface area contributed by atoms with Crippen LogP contribution >= 0.6 is 11.8 Å². The summed E-state index contributed by atoms with van der Waals surface area (Å²) in [5.74, 6) is 1.03. The molecule has 0 radical (unpaired) electrons. The van der Waals surface area contributed by atoms with Crippen molar-refractivity contribution in [2.45, 2.75) is 69.1 Å². The molecule has 2 fully saturated rings. The molecule has 0 amide bonds. The van der Waals surface area contributed by atoms with Gasteiger partial charge in [-0.15, -0.1) is 0 Å². The van der Waals surface area contributed by atoms with Gasteiger partial charge < -0.3 is 10.5 Å². The number of hydrogen-bond donors (Lipinski definition) is 1. The Labute approximate surface area is 121 Å². The van der Waals surface area contributed by atoms with Crippen LogP contribution in [0.4, 0.5) is 0 Å². The third-order valence-electron chi connectivity index (χ3n) is 4.56. The van der Waals surface area contributed by atoms with Crippen LogP contribution in [0.1, 0.15) is 57.8 Å². The van der Waals surface area contributed by atoms with Gasteiger partial charge in [0.05, 0.1) is 13.5 Å². The molecular weight excluding hydrogens is 258 g/mol. The molecule has 0 spiro atoms. The highest BCUT2D eigenvalue weighted by molar-refractivity contribution is 8.00. The van der Waals surface area contributed by atoms with Crippen molar-refractivity contribution >= 4 is 17.7 Å². The van der Waals surface area contributed by atoms with E-state index in [0.717, 1.165) is 5.75 Å². The molecular formula is C15H27NO2S. The van der Waals surface area contributed by atoms with Gasteiger partial charge in [0.25, 0.3) is 0 Å². The molecule has 110 valence electrons. The molecule has 4 heteroatoms. The predicted octanol–water partition coefficient (Wildman–Crippen LogP) is 3.11. The molecule has 3 nitrogen and oxygen atoms in total. The van der Waals surface area contributed by atoms with Gasteiger partial charge in [-0.05, 0) is 36.9 Å². The molecule has 0 saturated heterocycles.